The van der Waals surface area contributed by atoms with Crippen LogP contribution in [0.2, 0.25) is 0 Å². The van der Waals surface area contributed by atoms with Gasteiger partial charge in [-0.25, -0.2) is 0 Å². The quantitative estimate of drug-likeness (QED) is 0.435. The molecule has 0 aromatic heterocycles. The molecule has 2 atom stereocenters. The first kappa shape index (κ1) is 8.94. The van der Waals surface area contributed by atoms with E-state index < -0.39 is 0 Å². The molecule has 0 bridgehead atoms. The zero-order valence-corrected chi connectivity index (χ0v) is 6.88. The van der Waals surface area contributed by atoms with E-state index in [9.17, 15) is 4.39 Å². The van der Waals surface area contributed by atoms with Gasteiger partial charge in [0.25, 0.3) is 0 Å². The SMILES string of the molecule is CC(CF)CCOCC1CO1. The Morgan fingerprint density at radius 3 is 3.00 bits per heavy atom. The van der Waals surface area contributed by atoms with Gasteiger partial charge in [-0.1, -0.05) is 6.92 Å². The second-order valence-corrected chi connectivity index (χ2v) is 3.08. The molecule has 0 aromatic carbocycles. The van der Waals surface area contributed by atoms with E-state index in [1.54, 1.807) is 0 Å². The molecule has 3 heteroatoms. The topological polar surface area (TPSA) is 21.8 Å². The Balaban J connectivity index is 1.79. The average Bonchev–Trinajstić information content (AvgIpc) is 2.81. The van der Waals surface area contributed by atoms with Crippen molar-refractivity contribution in [1.29, 1.82) is 0 Å². The highest BCUT2D eigenvalue weighted by molar-refractivity contribution is 4.67. The van der Waals surface area contributed by atoms with Crippen LogP contribution in [0.1, 0.15) is 13.3 Å². The third kappa shape index (κ3) is 4.32. The molecule has 1 saturated heterocycles. The molecule has 1 rings (SSSR count). The summed E-state index contributed by atoms with van der Waals surface area (Å²) < 4.78 is 22.1. The molecule has 11 heavy (non-hydrogen) atoms. The number of hydrogen-bond donors (Lipinski definition) is 0. The third-order valence-corrected chi connectivity index (χ3v) is 1.72. The van der Waals surface area contributed by atoms with Gasteiger partial charge in [0.15, 0.2) is 0 Å². The van der Waals surface area contributed by atoms with E-state index in [2.05, 4.69) is 0 Å². The molecule has 0 saturated carbocycles. The fraction of sp³-hybridized carbons (Fsp3) is 1.00. The molecular formula is C8H15FO2. The van der Waals surface area contributed by atoms with E-state index in [-0.39, 0.29) is 12.6 Å². The summed E-state index contributed by atoms with van der Waals surface area (Å²) in [6.45, 7) is 3.81. The predicted molar refractivity (Wildman–Crippen MR) is 40.3 cm³/mol. The number of ether oxygens (including phenoxy) is 2. The Kier molecular flexibility index (Phi) is 3.80. The Bertz CT molecular complexity index is 104. The highest BCUT2D eigenvalue weighted by atomic mass is 19.1. The lowest BCUT2D eigenvalue weighted by molar-refractivity contribution is 0.103. The number of epoxide rings is 1. The van der Waals surface area contributed by atoms with Crippen molar-refractivity contribution in [2.45, 2.75) is 19.4 Å². The van der Waals surface area contributed by atoms with E-state index in [1.165, 1.54) is 0 Å². The van der Waals surface area contributed by atoms with Crippen molar-refractivity contribution in [1.82, 2.24) is 0 Å². The summed E-state index contributed by atoms with van der Waals surface area (Å²) in [4.78, 5) is 0. The molecule has 0 radical (unpaired) electrons. The molecule has 0 aromatic rings. The average molecular weight is 162 g/mol. The standard InChI is InChI=1S/C8H15FO2/c1-7(4-9)2-3-10-5-8-6-11-8/h7-8H,2-6H2,1H3. The molecule has 2 unspecified atom stereocenters. The Hall–Kier alpha value is -0.150. The Labute approximate surface area is 66.7 Å². The number of alkyl halides is 1. The van der Waals surface area contributed by atoms with Crippen LogP contribution in [0.5, 0.6) is 0 Å². The van der Waals surface area contributed by atoms with E-state index >= 15 is 0 Å². The van der Waals surface area contributed by atoms with Crippen LogP contribution in [-0.2, 0) is 9.47 Å². The summed E-state index contributed by atoms with van der Waals surface area (Å²) in [6, 6.07) is 0. The summed E-state index contributed by atoms with van der Waals surface area (Å²) in [5.41, 5.74) is 0. The molecule has 2 nitrogen and oxygen atoms in total. The van der Waals surface area contributed by atoms with Crippen molar-refractivity contribution >= 4 is 0 Å². The molecule has 1 fully saturated rings. The minimum Gasteiger partial charge on any atom is -0.379 e. The van der Waals surface area contributed by atoms with Gasteiger partial charge in [0, 0.05) is 6.61 Å². The van der Waals surface area contributed by atoms with Crippen LogP contribution in [0.15, 0.2) is 0 Å². The van der Waals surface area contributed by atoms with Crippen LogP contribution < -0.4 is 0 Å². The highest BCUT2D eigenvalue weighted by Gasteiger charge is 2.22. The molecule has 1 aliphatic heterocycles. The largest absolute Gasteiger partial charge is 0.379 e. The Morgan fingerprint density at radius 2 is 2.45 bits per heavy atom. The van der Waals surface area contributed by atoms with Crippen molar-refractivity contribution in [3.05, 3.63) is 0 Å². The summed E-state index contributed by atoms with van der Waals surface area (Å²) in [5, 5.41) is 0. The second kappa shape index (κ2) is 4.67. The summed E-state index contributed by atoms with van der Waals surface area (Å²) in [6.07, 6.45) is 1.14. The molecule has 0 spiro atoms. The molecule has 0 N–H and O–H groups in total. The van der Waals surface area contributed by atoms with Crippen LogP contribution in [0.25, 0.3) is 0 Å². The van der Waals surface area contributed by atoms with Crippen molar-refractivity contribution in [3.63, 3.8) is 0 Å². The highest BCUT2D eigenvalue weighted by Crippen LogP contribution is 2.09. The van der Waals surface area contributed by atoms with Gasteiger partial charge in [0.2, 0.25) is 0 Å². The molecule has 0 aliphatic carbocycles. The monoisotopic (exact) mass is 162 g/mol. The zero-order chi connectivity index (χ0) is 8.10. The predicted octanol–water partition coefficient (Wildman–Crippen LogP) is 1.40. The molecule has 0 amide bonds. The van der Waals surface area contributed by atoms with Gasteiger partial charge >= 0.3 is 0 Å². The lowest BCUT2D eigenvalue weighted by Gasteiger charge is -2.05. The first-order valence-corrected chi connectivity index (χ1v) is 4.08. The fourth-order valence-electron chi connectivity index (χ4n) is 0.741. The lowest BCUT2D eigenvalue weighted by atomic mass is 10.1. The van der Waals surface area contributed by atoms with Gasteiger partial charge in [0.05, 0.1) is 19.9 Å². The van der Waals surface area contributed by atoms with Crippen molar-refractivity contribution in [2.75, 3.05) is 26.5 Å². The van der Waals surface area contributed by atoms with E-state index in [1.807, 2.05) is 6.92 Å². The third-order valence-electron chi connectivity index (χ3n) is 1.72. The fourth-order valence-corrected chi connectivity index (χ4v) is 0.741. The van der Waals surface area contributed by atoms with Crippen LogP contribution in [0.3, 0.4) is 0 Å². The molecule has 66 valence electrons. The summed E-state index contributed by atoms with van der Waals surface area (Å²) in [5.74, 6) is 0.134. The van der Waals surface area contributed by atoms with Gasteiger partial charge in [-0.2, -0.15) is 0 Å². The number of halogens is 1. The molecule has 1 heterocycles. The first-order chi connectivity index (χ1) is 5.33. The molecule has 1 aliphatic rings. The lowest BCUT2D eigenvalue weighted by Crippen LogP contribution is -2.07. The van der Waals surface area contributed by atoms with E-state index in [0.717, 1.165) is 13.0 Å². The van der Waals surface area contributed by atoms with Gasteiger partial charge in [0.1, 0.15) is 6.10 Å². The maximum absolute atomic E-state index is 11.9. The zero-order valence-electron chi connectivity index (χ0n) is 6.88. The number of hydrogen-bond acceptors (Lipinski definition) is 2. The minimum atomic E-state index is -0.247. The smallest absolute Gasteiger partial charge is 0.104 e. The summed E-state index contributed by atoms with van der Waals surface area (Å²) in [7, 11) is 0. The van der Waals surface area contributed by atoms with Gasteiger partial charge < -0.3 is 9.47 Å². The van der Waals surface area contributed by atoms with Crippen LogP contribution in [0.4, 0.5) is 4.39 Å². The normalized spacial score (nSPS) is 25.1. The van der Waals surface area contributed by atoms with Gasteiger partial charge in [-0.05, 0) is 12.3 Å². The van der Waals surface area contributed by atoms with Crippen molar-refractivity contribution < 1.29 is 13.9 Å². The second-order valence-electron chi connectivity index (χ2n) is 3.08. The maximum atomic E-state index is 11.9. The minimum absolute atomic E-state index is 0.134. The van der Waals surface area contributed by atoms with Crippen LogP contribution in [0, 0.1) is 5.92 Å². The van der Waals surface area contributed by atoms with Crippen molar-refractivity contribution in [2.24, 2.45) is 5.92 Å². The van der Waals surface area contributed by atoms with E-state index in [0.29, 0.717) is 19.3 Å². The van der Waals surface area contributed by atoms with Gasteiger partial charge in [-0.3, -0.25) is 4.39 Å². The Morgan fingerprint density at radius 1 is 1.73 bits per heavy atom. The molecular weight excluding hydrogens is 147 g/mol. The van der Waals surface area contributed by atoms with Crippen LogP contribution in [-0.4, -0.2) is 32.6 Å². The van der Waals surface area contributed by atoms with Gasteiger partial charge in [-0.15, -0.1) is 0 Å². The van der Waals surface area contributed by atoms with Crippen LogP contribution >= 0.6 is 0 Å². The van der Waals surface area contributed by atoms with Crippen molar-refractivity contribution in [3.8, 4) is 0 Å². The summed E-state index contributed by atoms with van der Waals surface area (Å²) >= 11 is 0. The van der Waals surface area contributed by atoms with E-state index in [4.69, 9.17) is 9.47 Å². The maximum Gasteiger partial charge on any atom is 0.104 e. The first-order valence-electron chi connectivity index (χ1n) is 4.08. The number of rotatable bonds is 6.